The Hall–Kier alpha value is -3.93. The minimum Gasteiger partial charge on any atom is -0.358 e. The third-order valence-corrected chi connectivity index (χ3v) is 5.08. The second-order valence-corrected chi connectivity index (χ2v) is 6.95. The number of nitrogens with one attached hydrogen (secondary N) is 2. The number of rotatable bonds is 4. The van der Waals surface area contributed by atoms with Crippen molar-refractivity contribution in [3.63, 3.8) is 0 Å². The van der Waals surface area contributed by atoms with Gasteiger partial charge in [-0.15, -0.1) is 0 Å². The first-order chi connectivity index (χ1) is 14.3. The monoisotopic (exact) mass is 381 g/mol. The summed E-state index contributed by atoms with van der Waals surface area (Å²) in [5.74, 6) is -0.0771. The first-order valence-corrected chi connectivity index (χ1v) is 9.49. The van der Waals surface area contributed by atoms with Crippen LogP contribution in [0.5, 0.6) is 0 Å². The van der Waals surface area contributed by atoms with Crippen LogP contribution in [0.15, 0.2) is 85.1 Å². The van der Waals surface area contributed by atoms with E-state index < -0.39 is 0 Å². The Morgan fingerprint density at radius 3 is 2.17 bits per heavy atom. The normalized spacial score (nSPS) is 14.1. The lowest BCUT2D eigenvalue weighted by Gasteiger charge is -2.28. The lowest BCUT2D eigenvalue weighted by Crippen LogP contribution is -2.39. The van der Waals surface area contributed by atoms with Crippen LogP contribution < -0.4 is 10.7 Å². The van der Waals surface area contributed by atoms with Crippen molar-refractivity contribution >= 4 is 38.8 Å². The van der Waals surface area contributed by atoms with Gasteiger partial charge in [0.15, 0.2) is 0 Å². The zero-order valence-corrected chi connectivity index (χ0v) is 15.7. The van der Waals surface area contributed by atoms with Crippen molar-refractivity contribution < 1.29 is 4.79 Å². The summed E-state index contributed by atoms with van der Waals surface area (Å²) in [6.07, 6.45) is 9.58. The van der Waals surface area contributed by atoms with E-state index >= 15 is 0 Å². The van der Waals surface area contributed by atoms with Crippen molar-refractivity contribution in [3.8, 4) is 0 Å². The molecule has 3 heterocycles. The average Bonchev–Trinajstić information content (AvgIpc) is 2.76. The fourth-order valence-corrected chi connectivity index (χ4v) is 3.62. The molecule has 0 unspecified atom stereocenters. The predicted molar refractivity (Wildman–Crippen MR) is 115 cm³/mol. The summed E-state index contributed by atoms with van der Waals surface area (Å²) in [4.78, 5) is 21.0. The molecule has 0 fully saturated rings. The third kappa shape index (κ3) is 3.36. The van der Waals surface area contributed by atoms with Crippen LogP contribution in [0.3, 0.4) is 0 Å². The van der Waals surface area contributed by atoms with Gasteiger partial charge in [-0.2, -0.15) is 0 Å². The van der Waals surface area contributed by atoms with Crippen LogP contribution >= 0.6 is 0 Å². The van der Waals surface area contributed by atoms with E-state index in [-0.39, 0.29) is 5.91 Å². The van der Waals surface area contributed by atoms with Crippen LogP contribution in [-0.2, 0) is 4.79 Å². The second-order valence-electron chi connectivity index (χ2n) is 6.95. The van der Waals surface area contributed by atoms with Gasteiger partial charge in [-0.25, -0.2) is 0 Å². The van der Waals surface area contributed by atoms with Crippen molar-refractivity contribution in [2.75, 3.05) is 17.3 Å². The number of hydrazine groups is 1. The molecule has 6 heteroatoms. The van der Waals surface area contributed by atoms with Crippen molar-refractivity contribution in [2.45, 2.75) is 6.42 Å². The highest BCUT2D eigenvalue weighted by Gasteiger charge is 2.19. The van der Waals surface area contributed by atoms with Crippen molar-refractivity contribution in [2.24, 2.45) is 0 Å². The summed E-state index contributed by atoms with van der Waals surface area (Å²) >= 11 is 0. The summed E-state index contributed by atoms with van der Waals surface area (Å²) in [6.45, 7) is 0.575. The summed E-state index contributed by atoms with van der Waals surface area (Å²) in [5, 5.41) is 9.28. The standard InChI is InChI=1S/C23H19N5O/c29-23-13-18(26-21-5-1-3-16-14-24-10-7-19(16)21)9-12-28(23)27-22-6-2-4-17-15-25-11-8-20(17)22/h1-8,10-11,13-15,26-27H,9,12H2. The molecule has 0 bridgehead atoms. The van der Waals surface area contributed by atoms with Crippen LogP contribution in [-0.4, -0.2) is 27.4 Å². The second kappa shape index (κ2) is 7.24. The number of nitrogens with zero attached hydrogens (tertiary/aromatic N) is 3. The first kappa shape index (κ1) is 17.2. The van der Waals surface area contributed by atoms with Crippen LogP contribution in [0.25, 0.3) is 21.5 Å². The van der Waals surface area contributed by atoms with Gasteiger partial charge < -0.3 is 5.32 Å². The molecule has 2 N–H and O–H groups in total. The number of carbonyl (C=O) groups excluding carboxylic acids is 1. The van der Waals surface area contributed by atoms with Gasteiger partial charge in [0.1, 0.15) is 0 Å². The molecule has 0 saturated heterocycles. The Morgan fingerprint density at radius 2 is 1.48 bits per heavy atom. The molecule has 0 spiro atoms. The molecule has 0 atom stereocenters. The van der Waals surface area contributed by atoms with E-state index in [1.165, 1.54) is 0 Å². The smallest absolute Gasteiger partial charge is 0.266 e. The fourth-order valence-electron chi connectivity index (χ4n) is 3.62. The van der Waals surface area contributed by atoms with Gasteiger partial charge in [0.25, 0.3) is 5.91 Å². The lowest BCUT2D eigenvalue weighted by atomic mass is 10.1. The van der Waals surface area contributed by atoms with E-state index in [9.17, 15) is 4.79 Å². The van der Waals surface area contributed by atoms with Crippen LogP contribution in [0.4, 0.5) is 11.4 Å². The van der Waals surface area contributed by atoms with Crippen LogP contribution in [0.1, 0.15) is 6.42 Å². The zero-order valence-electron chi connectivity index (χ0n) is 15.7. The molecule has 1 amide bonds. The molecule has 1 aliphatic heterocycles. The number of pyridine rings is 2. The highest BCUT2D eigenvalue weighted by atomic mass is 16.2. The first-order valence-electron chi connectivity index (χ1n) is 9.49. The molecule has 29 heavy (non-hydrogen) atoms. The zero-order chi connectivity index (χ0) is 19.6. The predicted octanol–water partition coefficient (Wildman–Crippen LogP) is 4.34. The number of benzene rings is 2. The Bertz CT molecular complexity index is 1240. The summed E-state index contributed by atoms with van der Waals surface area (Å²) in [5.41, 5.74) is 6.04. The van der Waals surface area contributed by atoms with Gasteiger partial charge in [-0.05, 0) is 24.3 Å². The van der Waals surface area contributed by atoms with E-state index in [1.54, 1.807) is 23.5 Å². The number of amides is 1. The largest absolute Gasteiger partial charge is 0.358 e. The maximum atomic E-state index is 12.7. The minimum atomic E-state index is -0.0771. The molecule has 5 rings (SSSR count). The average molecular weight is 381 g/mol. The molecular weight excluding hydrogens is 362 g/mol. The molecule has 1 aliphatic rings. The van der Waals surface area contributed by atoms with E-state index in [4.69, 9.17) is 0 Å². The molecule has 6 nitrogen and oxygen atoms in total. The highest BCUT2D eigenvalue weighted by Crippen LogP contribution is 2.26. The number of hydrogen-bond acceptors (Lipinski definition) is 5. The van der Waals surface area contributed by atoms with E-state index in [2.05, 4.69) is 20.7 Å². The fraction of sp³-hybridized carbons (Fsp3) is 0.0870. The molecule has 4 aromatic rings. The van der Waals surface area contributed by atoms with E-state index in [0.717, 1.165) is 45.0 Å². The van der Waals surface area contributed by atoms with Gasteiger partial charge in [-0.1, -0.05) is 24.3 Å². The highest BCUT2D eigenvalue weighted by molar-refractivity contribution is 5.97. The summed E-state index contributed by atoms with van der Waals surface area (Å²) in [6, 6.07) is 15.9. The van der Waals surface area contributed by atoms with Crippen molar-refractivity contribution in [1.82, 2.24) is 15.0 Å². The lowest BCUT2D eigenvalue weighted by molar-refractivity contribution is -0.125. The van der Waals surface area contributed by atoms with Gasteiger partial charge in [0, 0.05) is 76.8 Å². The van der Waals surface area contributed by atoms with Crippen LogP contribution in [0, 0.1) is 0 Å². The summed E-state index contributed by atoms with van der Waals surface area (Å²) < 4.78 is 0. The molecule has 142 valence electrons. The maximum absolute atomic E-state index is 12.7. The van der Waals surface area contributed by atoms with E-state index in [1.807, 2.05) is 60.9 Å². The van der Waals surface area contributed by atoms with Crippen molar-refractivity contribution in [3.05, 3.63) is 85.1 Å². The molecule has 0 saturated carbocycles. The SMILES string of the molecule is O=C1C=C(Nc2cccc3cnccc23)CCN1Nc1cccc2cnccc12. The minimum absolute atomic E-state index is 0.0771. The number of hydrogen-bond donors (Lipinski definition) is 2. The third-order valence-electron chi connectivity index (χ3n) is 5.08. The molecular formula is C23H19N5O. The van der Waals surface area contributed by atoms with Gasteiger partial charge in [0.2, 0.25) is 0 Å². The summed E-state index contributed by atoms with van der Waals surface area (Å²) in [7, 11) is 0. The Morgan fingerprint density at radius 1 is 0.828 bits per heavy atom. The quantitative estimate of drug-likeness (QED) is 0.550. The Balaban J connectivity index is 1.36. The number of fused-ring (bicyclic) bond motifs is 2. The van der Waals surface area contributed by atoms with Crippen LogP contribution in [0.2, 0.25) is 0 Å². The van der Waals surface area contributed by atoms with E-state index in [0.29, 0.717) is 6.54 Å². The number of carbonyl (C=O) groups is 1. The Kier molecular flexibility index (Phi) is 4.29. The number of aromatic nitrogens is 2. The Labute approximate surface area is 167 Å². The van der Waals surface area contributed by atoms with Gasteiger partial charge >= 0.3 is 0 Å². The molecule has 0 aliphatic carbocycles. The van der Waals surface area contributed by atoms with Gasteiger partial charge in [-0.3, -0.25) is 25.2 Å². The molecule has 2 aromatic heterocycles. The van der Waals surface area contributed by atoms with Gasteiger partial charge in [0.05, 0.1) is 5.69 Å². The molecule has 0 radical (unpaired) electrons. The number of anilines is 2. The topological polar surface area (TPSA) is 70.2 Å². The van der Waals surface area contributed by atoms with Crippen molar-refractivity contribution in [1.29, 1.82) is 0 Å². The maximum Gasteiger partial charge on any atom is 0.266 e. The molecule has 2 aromatic carbocycles.